The van der Waals surface area contributed by atoms with Crippen molar-refractivity contribution in [2.45, 2.75) is 33.2 Å². The SMILES string of the molecule is Cc1c(CC(=O)NC(C)C)c2cc(O)c(F)cc2n1C(=O)c1ccc(F)cc1. The van der Waals surface area contributed by atoms with Crippen LogP contribution in [0, 0.1) is 18.6 Å². The average Bonchev–Trinajstić information content (AvgIpc) is 2.86. The largest absolute Gasteiger partial charge is 0.505 e. The molecule has 0 unspecified atom stereocenters. The highest BCUT2D eigenvalue weighted by Crippen LogP contribution is 2.32. The van der Waals surface area contributed by atoms with E-state index in [2.05, 4.69) is 5.32 Å². The van der Waals surface area contributed by atoms with Crippen LogP contribution in [0.1, 0.15) is 35.5 Å². The number of hydrogen-bond acceptors (Lipinski definition) is 3. The summed E-state index contributed by atoms with van der Waals surface area (Å²) in [5.74, 6) is -2.66. The number of nitrogens with one attached hydrogen (secondary N) is 1. The Bertz CT molecular complexity index is 1070. The van der Waals surface area contributed by atoms with Crippen molar-refractivity contribution in [2.75, 3.05) is 0 Å². The number of rotatable bonds is 4. The Hall–Kier alpha value is -3.22. The highest BCUT2D eigenvalue weighted by molar-refractivity contribution is 6.05. The van der Waals surface area contributed by atoms with Crippen LogP contribution in [-0.4, -0.2) is 27.5 Å². The van der Waals surface area contributed by atoms with Crippen molar-refractivity contribution in [3.8, 4) is 5.75 Å². The van der Waals surface area contributed by atoms with Gasteiger partial charge in [-0.3, -0.25) is 14.2 Å². The molecular weight excluding hydrogens is 366 g/mol. The quantitative estimate of drug-likeness (QED) is 0.718. The molecule has 3 rings (SSSR count). The van der Waals surface area contributed by atoms with Crippen molar-refractivity contribution in [1.29, 1.82) is 0 Å². The van der Waals surface area contributed by atoms with Crippen LogP contribution in [0.4, 0.5) is 8.78 Å². The Balaban J connectivity index is 2.18. The first kappa shape index (κ1) is 19.5. The summed E-state index contributed by atoms with van der Waals surface area (Å²) < 4.78 is 28.5. The number of carbonyl (C=O) groups excluding carboxylic acids is 2. The minimum atomic E-state index is -0.878. The van der Waals surface area contributed by atoms with E-state index in [9.17, 15) is 23.5 Å². The predicted molar refractivity (Wildman–Crippen MR) is 101 cm³/mol. The molecule has 0 spiro atoms. The maximum atomic E-state index is 14.0. The third-order valence-electron chi connectivity index (χ3n) is 4.48. The second-order valence-corrected chi connectivity index (χ2v) is 6.93. The van der Waals surface area contributed by atoms with Crippen LogP contribution >= 0.6 is 0 Å². The fourth-order valence-electron chi connectivity index (χ4n) is 3.23. The summed E-state index contributed by atoms with van der Waals surface area (Å²) in [4.78, 5) is 25.3. The number of phenols is 1. The van der Waals surface area contributed by atoms with Gasteiger partial charge < -0.3 is 10.4 Å². The van der Waals surface area contributed by atoms with Gasteiger partial charge in [-0.1, -0.05) is 0 Å². The van der Waals surface area contributed by atoms with E-state index in [-0.39, 0.29) is 29.4 Å². The van der Waals surface area contributed by atoms with Gasteiger partial charge in [0.1, 0.15) is 5.82 Å². The molecule has 0 aliphatic heterocycles. The summed E-state index contributed by atoms with van der Waals surface area (Å²) in [6.07, 6.45) is -0.0325. The molecule has 0 saturated heterocycles. The molecule has 0 aliphatic carbocycles. The Morgan fingerprint density at radius 1 is 1.14 bits per heavy atom. The number of fused-ring (bicyclic) bond motifs is 1. The van der Waals surface area contributed by atoms with Gasteiger partial charge in [0.15, 0.2) is 11.6 Å². The van der Waals surface area contributed by atoms with Gasteiger partial charge in [0, 0.05) is 28.8 Å². The van der Waals surface area contributed by atoms with Crippen LogP contribution in [0.3, 0.4) is 0 Å². The topological polar surface area (TPSA) is 71.3 Å². The van der Waals surface area contributed by atoms with Gasteiger partial charge in [0.2, 0.25) is 5.91 Å². The van der Waals surface area contributed by atoms with Crippen molar-refractivity contribution >= 4 is 22.7 Å². The number of halogens is 2. The fraction of sp³-hybridized carbons (Fsp3) is 0.238. The molecular formula is C21H20F2N2O3. The van der Waals surface area contributed by atoms with E-state index in [0.29, 0.717) is 16.6 Å². The Morgan fingerprint density at radius 2 is 1.79 bits per heavy atom. The summed E-state index contributed by atoms with van der Waals surface area (Å²) in [6.45, 7) is 5.30. The zero-order valence-electron chi connectivity index (χ0n) is 15.7. The molecule has 0 aliphatic rings. The first-order valence-electron chi connectivity index (χ1n) is 8.81. The summed E-state index contributed by atoms with van der Waals surface area (Å²) in [6, 6.07) is 7.21. The normalized spacial score (nSPS) is 11.2. The van der Waals surface area contributed by atoms with Crippen LogP contribution in [0.15, 0.2) is 36.4 Å². The maximum Gasteiger partial charge on any atom is 0.262 e. The van der Waals surface area contributed by atoms with Crippen molar-refractivity contribution in [2.24, 2.45) is 0 Å². The standard InChI is InChI=1S/C21H20F2N2O3/c1-11(2)24-20(27)9-15-12(3)25(18-10-17(23)19(26)8-16(15)18)21(28)13-4-6-14(22)7-5-13/h4-8,10-11,26H,9H2,1-3H3,(H,24,27). The zero-order valence-corrected chi connectivity index (χ0v) is 15.7. The molecule has 0 bridgehead atoms. The van der Waals surface area contributed by atoms with Gasteiger partial charge in [0.05, 0.1) is 11.9 Å². The molecule has 0 saturated carbocycles. The number of hydrogen-bond donors (Lipinski definition) is 2. The van der Waals surface area contributed by atoms with E-state index >= 15 is 0 Å². The molecule has 2 N–H and O–H groups in total. The lowest BCUT2D eigenvalue weighted by molar-refractivity contribution is -0.120. The first-order valence-corrected chi connectivity index (χ1v) is 8.81. The van der Waals surface area contributed by atoms with Gasteiger partial charge in [-0.15, -0.1) is 0 Å². The highest BCUT2D eigenvalue weighted by atomic mass is 19.1. The van der Waals surface area contributed by atoms with Crippen LogP contribution in [0.2, 0.25) is 0 Å². The molecule has 0 atom stereocenters. The summed E-state index contributed by atoms with van der Waals surface area (Å²) in [7, 11) is 0. The zero-order chi connectivity index (χ0) is 20.6. The van der Waals surface area contributed by atoms with Crippen LogP contribution in [0.25, 0.3) is 10.9 Å². The molecule has 3 aromatic rings. The third-order valence-corrected chi connectivity index (χ3v) is 4.48. The number of amides is 1. The van der Waals surface area contributed by atoms with Crippen LogP contribution in [-0.2, 0) is 11.2 Å². The lowest BCUT2D eigenvalue weighted by atomic mass is 10.1. The molecule has 146 valence electrons. The van der Waals surface area contributed by atoms with Crippen molar-refractivity contribution < 1.29 is 23.5 Å². The smallest absolute Gasteiger partial charge is 0.262 e. The maximum absolute atomic E-state index is 14.0. The lowest BCUT2D eigenvalue weighted by Crippen LogP contribution is -2.31. The molecule has 0 fully saturated rings. The van der Waals surface area contributed by atoms with Gasteiger partial charge in [0.25, 0.3) is 5.91 Å². The van der Waals surface area contributed by atoms with E-state index in [1.54, 1.807) is 6.92 Å². The number of phenolic OH excluding ortho intramolecular Hbond substituents is 1. The van der Waals surface area contributed by atoms with E-state index in [1.807, 2.05) is 13.8 Å². The first-order chi connectivity index (χ1) is 13.2. The van der Waals surface area contributed by atoms with Crippen molar-refractivity contribution in [3.05, 3.63) is 64.9 Å². The molecule has 2 aromatic carbocycles. The minimum Gasteiger partial charge on any atom is -0.505 e. The second kappa shape index (κ2) is 7.42. The van der Waals surface area contributed by atoms with Crippen molar-refractivity contribution in [3.63, 3.8) is 0 Å². The molecule has 1 amide bonds. The van der Waals surface area contributed by atoms with Crippen molar-refractivity contribution in [1.82, 2.24) is 9.88 Å². The number of nitrogens with zero attached hydrogens (tertiary/aromatic N) is 1. The van der Waals surface area contributed by atoms with E-state index in [4.69, 9.17) is 0 Å². The van der Waals surface area contributed by atoms with Gasteiger partial charge in [-0.05, 0) is 56.7 Å². The Labute approximate surface area is 160 Å². The Kier molecular flexibility index (Phi) is 5.18. The van der Waals surface area contributed by atoms with Gasteiger partial charge >= 0.3 is 0 Å². The predicted octanol–water partition coefficient (Wildman–Crippen LogP) is 3.69. The number of benzene rings is 2. The van der Waals surface area contributed by atoms with Crippen LogP contribution < -0.4 is 5.32 Å². The van der Waals surface area contributed by atoms with E-state index < -0.39 is 23.3 Å². The second-order valence-electron chi connectivity index (χ2n) is 6.93. The van der Waals surface area contributed by atoms with Gasteiger partial charge in [-0.2, -0.15) is 0 Å². The molecule has 7 heteroatoms. The third kappa shape index (κ3) is 3.60. The number of aromatic nitrogens is 1. The molecule has 28 heavy (non-hydrogen) atoms. The summed E-state index contributed by atoms with van der Waals surface area (Å²) in [5, 5.41) is 13.0. The number of aromatic hydroxyl groups is 1. The summed E-state index contributed by atoms with van der Waals surface area (Å²) >= 11 is 0. The number of carbonyl (C=O) groups is 2. The van der Waals surface area contributed by atoms with Gasteiger partial charge in [-0.25, -0.2) is 8.78 Å². The van der Waals surface area contributed by atoms with E-state index in [0.717, 1.165) is 18.2 Å². The molecule has 5 nitrogen and oxygen atoms in total. The summed E-state index contributed by atoms with van der Waals surface area (Å²) in [5.41, 5.74) is 1.41. The molecule has 1 aromatic heterocycles. The Morgan fingerprint density at radius 3 is 2.39 bits per heavy atom. The van der Waals surface area contributed by atoms with E-state index in [1.165, 1.54) is 22.8 Å². The molecule has 0 radical (unpaired) electrons. The minimum absolute atomic E-state index is 0.0325. The molecule has 1 heterocycles. The highest BCUT2D eigenvalue weighted by Gasteiger charge is 2.23. The lowest BCUT2D eigenvalue weighted by Gasteiger charge is -2.09. The van der Waals surface area contributed by atoms with Crippen LogP contribution in [0.5, 0.6) is 5.75 Å². The monoisotopic (exact) mass is 386 g/mol. The fourth-order valence-corrected chi connectivity index (χ4v) is 3.23. The average molecular weight is 386 g/mol.